The number of carbonyl (C=O) groups excluding carboxylic acids is 2. The minimum atomic E-state index is -0.275. The highest BCUT2D eigenvalue weighted by Gasteiger charge is 2.15. The van der Waals surface area contributed by atoms with Crippen molar-refractivity contribution in [3.05, 3.63) is 30.3 Å². The molecule has 1 aromatic carbocycles. The molecule has 0 saturated heterocycles. The fourth-order valence-corrected chi connectivity index (χ4v) is 2.77. The smallest absolute Gasteiger partial charge is 0.306 e. The van der Waals surface area contributed by atoms with Crippen molar-refractivity contribution >= 4 is 17.6 Å². The molecule has 0 unspecified atom stereocenters. The summed E-state index contributed by atoms with van der Waals surface area (Å²) < 4.78 is 5.23. The normalized spacial score (nSPS) is 10.5. The number of carbonyl (C=O) groups is 2. The third-order valence-electron chi connectivity index (χ3n) is 4.24. The molecule has 0 aliphatic rings. The Balaban J connectivity index is 2.15. The molecule has 4 heteroatoms. The lowest BCUT2D eigenvalue weighted by atomic mass is 10.1. The van der Waals surface area contributed by atoms with Crippen LogP contribution in [0.2, 0.25) is 0 Å². The SMILES string of the molecule is CCCCCCCCCOC(=O)CCC(=O)N(CC)c1ccccc1. The second-order valence-corrected chi connectivity index (χ2v) is 6.32. The molecule has 0 spiro atoms. The molecule has 0 saturated carbocycles. The zero-order chi connectivity index (χ0) is 18.3. The average molecular weight is 347 g/mol. The van der Waals surface area contributed by atoms with E-state index in [1.165, 1.54) is 32.1 Å². The molecule has 0 bridgehead atoms. The van der Waals surface area contributed by atoms with Crippen LogP contribution in [0.15, 0.2) is 30.3 Å². The minimum Gasteiger partial charge on any atom is -0.466 e. The van der Waals surface area contributed by atoms with Gasteiger partial charge in [-0.3, -0.25) is 9.59 Å². The van der Waals surface area contributed by atoms with E-state index in [2.05, 4.69) is 6.92 Å². The Labute approximate surface area is 152 Å². The molecular formula is C21H33NO3. The molecule has 0 aliphatic carbocycles. The number of anilines is 1. The maximum absolute atomic E-state index is 12.3. The van der Waals surface area contributed by atoms with E-state index < -0.39 is 0 Å². The van der Waals surface area contributed by atoms with Gasteiger partial charge in [0.1, 0.15) is 0 Å². The Bertz CT molecular complexity index is 487. The van der Waals surface area contributed by atoms with Crippen LogP contribution in [0.25, 0.3) is 0 Å². The summed E-state index contributed by atoms with van der Waals surface area (Å²) in [7, 11) is 0. The summed E-state index contributed by atoms with van der Waals surface area (Å²) in [5, 5.41) is 0. The molecule has 140 valence electrons. The first-order valence-corrected chi connectivity index (χ1v) is 9.70. The number of hydrogen-bond acceptors (Lipinski definition) is 3. The van der Waals surface area contributed by atoms with Crippen LogP contribution in [0.5, 0.6) is 0 Å². The summed E-state index contributed by atoms with van der Waals surface area (Å²) in [4.78, 5) is 25.8. The first-order valence-electron chi connectivity index (χ1n) is 9.70. The fraction of sp³-hybridized carbons (Fsp3) is 0.619. The van der Waals surface area contributed by atoms with E-state index in [-0.39, 0.29) is 24.7 Å². The number of benzene rings is 1. The molecule has 0 atom stereocenters. The van der Waals surface area contributed by atoms with Gasteiger partial charge in [-0.25, -0.2) is 0 Å². The van der Waals surface area contributed by atoms with Gasteiger partial charge in [-0.1, -0.05) is 63.6 Å². The van der Waals surface area contributed by atoms with Crippen molar-refractivity contribution in [2.24, 2.45) is 0 Å². The molecule has 0 aromatic heterocycles. The highest BCUT2D eigenvalue weighted by molar-refractivity contribution is 5.94. The Kier molecular flexibility index (Phi) is 11.4. The predicted molar refractivity (Wildman–Crippen MR) is 103 cm³/mol. The standard InChI is InChI=1S/C21H33NO3/c1-3-5-6-7-8-9-13-18-25-21(24)17-16-20(23)22(4-2)19-14-11-10-12-15-19/h10-12,14-15H,3-9,13,16-18H2,1-2H3. The number of rotatable bonds is 13. The number of esters is 1. The zero-order valence-electron chi connectivity index (χ0n) is 15.8. The summed E-state index contributed by atoms with van der Waals surface area (Å²) in [6.45, 7) is 5.21. The monoisotopic (exact) mass is 347 g/mol. The lowest BCUT2D eigenvalue weighted by Crippen LogP contribution is -2.30. The van der Waals surface area contributed by atoms with Crippen LogP contribution in [-0.4, -0.2) is 25.0 Å². The molecule has 1 amide bonds. The number of hydrogen-bond donors (Lipinski definition) is 0. The Morgan fingerprint density at radius 1 is 0.880 bits per heavy atom. The van der Waals surface area contributed by atoms with Gasteiger partial charge in [-0.05, 0) is 25.5 Å². The second-order valence-electron chi connectivity index (χ2n) is 6.32. The van der Waals surface area contributed by atoms with Gasteiger partial charge in [0, 0.05) is 18.7 Å². The minimum absolute atomic E-state index is 0.0402. The highest BCUT2D eigenvalue weighted by Crippen LogP contribution is 2.15. The number of ether oxygens (including phenoxy) is 1. The quantitative estimate of drug-likeness (QED) is 0.368. The number of nitrogens with zero attached hydrogens (tertiary/aromatic N) is 1. The van der Waals surface area contributed by atoms with E-state index in [0.29, 0.717) is 13.2 Å². The lowest BCUT2D eigenvalue weighted by molar-refractivity contribution is -0.144. The van der Waals surface area contributed by atoms with E-state index in [9.17, 15) is 9.59 Å². The first kappa shape index (κ1) is 21.2. The summed E-state index contributed by atoms with van der Waals surface area (Å²) in [6, 6.07) is 9.53. The lowest BCUT2D eigenvalue weighted by Gasteiger charge is -2.20. The Morgan fingerprint density at radius 2 is 1.52 bits per heavy atom. The molecule has 4 nitrogen and oxygen atoms in total. The number of amides is 1. The third-order valence-corrected chi connectivity index (χ3v) is 4.24. The zero-order valence-corrected chi connectivity index (χ0v) is 15.8. The van der Waals surface area contributed by atoms with Crippen molar-refractivity contribution < 1.29 is 14.3 Å². The van der Waals surface area contributed by atoms with Crippen molar-refractivity contribution in [1.29, 1.82) is 0 Å². The van der Waals surface area contributed by atoms with Gasteiger partial charge < -0.3 is 9.64 Å². The van der Waals surface area contributed by atoms with Gasteiger partial charge in [-0.2, -0.15) is 0 Å². The fourth-order valence-electron chi connectivity index (χ4n) is 2.77. The van der Waals surface area contributed by atoms with Crippen LogP contribution in [0.3, 0.4) is 0 Å². The van der Waals surface area contributed by atoms with Crippen LogP contribution < -0.4 is 4.90 Å². The van der Waals surface area contributed by atoms with Gasteiger partial charge in [-0.15, -0.1) is 0 Å². The average Bonchev–Trinajstić information content (AvgIpc) is 2.63. The molecule has 0 radical (unpaired) electrons. The molecule has 0 aliphatic heterocycles. The topological polar surface area (TPSA) is 46.6 Å². The van der Waals surface area contributed by atoms with E-state index in [1.54, 1.807) is 4.90 Å². The second kappa shape index (κ2) is 13.5. The van der Waals surface area contributed by atoms with Crippen LogP contribution in [0, 0.1) is 0 Å². The molecule has 0 N–H and O–H groups in total. The van der Waals surface area contributed by atoms with Crippen molar-refractivity contribution in [3.63, 3.8) is 0 Å². The van der Waals surface area contributed by atoms with Gasteiger partial charge in [0.2, 0.25) is 5.91 Å². The van der Waals surface area contributed by atoms with Crippen LogP contribution >= 0.6 is 0 Å². The maximum atomic E-state index is 12.3. The van der Waals surface area contributed by atoms with Gasteiger partial charge >= 0.3 is 5.97 Å². The van der Waals surface area contributed by atoms with Crippen molar-refractivity contribution in [1.82, 2.24) is 0 Å². The largest absolute Gasteiger partial charge is 0.466 e. The molecule has 25 heavy (non-hydrogen) atoms. The Morgan fingerprint density at radius 3 is 2.16 bits per heavy atom. The van der Waals surface area contributed by atoms with E-state index in [4.69, 9.17) is 4.74 Å². The summed E-state index contributed by atoms with van der Waals surface area (Å²) in [5.41, 5.74) is 0.867. The van der Waals surface area contributed by atoms with E-state index in [1.807, 2.05) is 37.3 Å². The molecular weight excluding hydrogens is 314 g/mol. The summed E-state index contributed by atoms with van der Waals surface area (Å²) in [5.74, 6) is -0.315. The van der Waals surface area contributed by atoms with Crippen LogP contribution in [0.1, 0.15) is 71.6 Å². The van der Waals surface area contributed by atoms with E-state index in [0.717, 1.165) is 18.5 Å². The maximum Gasteiger partial charge on any atom is 0.306 e. The molecule has 1 aromatic rings. The Hall–Kier alpha value is -1.84. The van der Waals surface area contributed by atoms with Gasteiger partial charge in [0.15, 0.2) is 0 Å². The summed E-state index contributed by atoms with van der Waals surface area (Å²) in [6.07, 6.45) is 8.70. The van der Waals surface area contributed by atoms with Crippen LogP contribution in [0.4, 0.5) is 5.69 Å². The van der Waals surface area contributed by atoms with Crippen LogP contribution in [-0.2, 0) is 14.3 Å². The summed E-state index contributed by atoms with van der Waals surface area (Å²) >= 11 is 0. The molecule has 0 heterocycles. The number of para-hydroxylation sites is 1. The number of unbranched alkanes of at least 4 members (excludes halogenated alkanes) is 6. The van der Waals surface area contributed by atoms with Gasteiger partial charge in [0.05, 0.1) is 13.0 Å². The van der Waals surface area contributed by atoms with Crippen molar-refractivity contribution in [3.8, 4) is 0 Å². The first-order chi connectivity index (χ1) is 12.2. The van der Waals surface area contributed by atoms with Gasteiger partial charge in [0.25, 0.3) is 0 Å². The van der Waals surface area contributed by atoms with Crippen molar-refractivity contribution in [2.75, 3.05) is 18.1 Å². The van der Waals surface area contributed by atoms with Crippen molar-refractivity contribution in [2.45, 2.75) is 71.6 Å². The highest BCUT2D eigenvalue weighted by atomic mass is 16.5. The van der Waals surface area contributed by atoms with E-state index >= 15 is 0 Å². The molecule has 1 rings (SSSR count). The predicted octanol–water partition coefficient (Wildman–Crippen LogP) is 5.11. The third kappa shape index (κ3) is 9.28. The molecule has 0 fully saturated rings.